The molecule has 0 spiro atoms. The lowest BCUT2D eigenvalue weighted by Crippen LogP contribution is -2.45. The van der Waals surface area contributed by atoms with Crippen LogP contribution in [0.4, 0.5) is 0 Å². The summed E-state index contributed by atoms with van der Waals surface area (Å²) in [4.78, 5) is 23.0. The van der Waals surface area contributed by atoms with Crippen molar-refractivity contribution in [2.24, 2.45) is 11.7 Å². The smallest absolute Gasteiger partial charge is 0.240 e. The molecule has 4 nitrogen and oxygen atoms in total. The minimum atomic E-state index is -0.521. The molecule has 0 aliphatic rings. The Labute approximate surface area is 123 Å². The van der Waals surface area contributed by atoms with Gasteiger partial charge < -0.3 is 11.1 Å². The minimum absolute atomic E-state index is 0.0528. The second kappa shape index (κ2) is 11.7. The molecular weight excluding hydrogens is 252 g/mol. The molecule has 20 heavy (non-hydrogen) atoms. The summed E-state index contributed by atoms with van der Waals surface area (Å²) in [5, 5.41) is 2.75. The second-order valence-corrected chi connectivity index (χ2v) is 6.02. The Hall–Kier alpha value is -1.06. The summed E-state index contributed by atoms with van der Waals surface area (Å²) in [6.07, 6.45) is 9.39. The molecule has 1 atom stereocenters. The first kappa shape index (κ1) is 18.9. The lowest BCUT2D eigenvalue weighted by Gasteiger charge is -2.17. The lowest BCUT2D eigenvalue weighted by molar-refractivity contribution is -0.127. The molecule has 0 radical (unpaired) electrons. The average molecular weight is 284 g/mol. The third kappa shape index (κ3) is 10.8. The van der Waals surface area contributed by atoms with E-state index < -0.39 is 11.9 Å². The molecule has 0 aromatic rings. The number of nitrogens with two attached hydrogens (primary N) is 1. The van der Waals surface area contributed by atoms with E-state index in [9.17, 15) is 9.59 Å². The van der Waals surface area contributed by atoms with E-state index in [4.69, 9.17) is 5.73 Å². The van der Waals surface area contributed by atoms with Gasteiger partial charge in [-0.15, -0.1) is 0 Å². The van der Waals surface area contributed by atoms with Crippen LogP contribution in [0.5, 0.6) is 0 Å². The number of rotatable bonds is 12. The van der Waals surface area contributed by atoms with Crippen molar-refractivity contribution >= 4 is 11.8 Å². The third-order valence-corrected chi connectivity index (χ3v) is 3.39. The third-order valence-electron chi connectivity index (χ3n) is 3.39. The minimum Gasteiger partial charge on any atom is -0.368 e. The SMILES string of the molecule is CCCCCCCCCC(=O)N[C@@H](CC(C)C)C(N)=O. The maximum Gasteiger partial charge on any atom is 0.240 e. The van der Waals surface area contributed by atoms with Gasteiger partial charge in [-0.2, -0.15) is 0 Å². The molecule has 0 aromatic heterocycles. The van der Waals surface area contributed by atoms with Crippen molar-refractivity contribution in [2.45, 2.75) is 84.6 Å². The van der Waals surface area contributed by atoms with Gasteiger partial charge in [-0.05, 0) is 18.8 Å². The van der Waals surface area contributed by atoms with Gasteiger partial charge in [-0.25, -0.2) is 0 Å². The van der Waals surface area contributed by atoms with Crippen molar-refractivity contribution in [1.29, 1.82) is 0 Å². The van der Waals surface area contributed by atoms with Gasteiger partial charge in [-0.3, -0.25) is 9.59 Å². The van der Waals surface area contributed by atoms with Crippen LogP contribution in [-0.2, 0) is 9.59 Å². The van der Waals surface area contributed by atoms with Gasteiger partial charge >= 0.3 is 0 Å². The first-order valence-corrected chi connectivity index (χ1v) is 8.06. The number of nitrogens with one attached hydrogen (secondary N) is 1. The average Bonchev–Trinajstić information content (AvgIpc) is 2.36. The van der Waals surface area contributed by atoms with Crippen LogP contribution in [0.1, 0.15) is 78.6 Å². The zero-order chi connectivity index (χ0) is 15.4. The summed E-state index contributed by atoms with van der Waals surface area (Å²) in [6.45, 7) is 6.23. The standard InChI is InChI=1S/C16H32N2O2/c1-4-5-6-7-8-9-10-11-15(19)18-14(16(17)20)12-13(2)3/h13-14H,4-12H2,1-3H3,(H2,17,20)(H,18,19)/t14-/m0/s1. The van der Waals surface area contributed by atoms with E-state index in [1.807, 2.05) is 13.8 Å². The molecule has 0 bridgehead atoms. The van der Waals surface area contributed by atoms with E-state index in [0.717, 1.165) is 12.8 Å². The van der Waals surface area contributed by atoms with Crippen molar-refractivity contribution in [1.82, 2.24) is 5.32 Å². The molecule has 0 rings (SSSR count). The largest absolute Gasteiger partial charge is 0.368 e. The second-order valence-electron chi connectivity index (χ2n) is 6.02. The van der Waals surface area contributed by atoms with E-state index in [0.29, 0.717) is 18.8 Å². The predicted molar refractivity (Wildman–Crippen MR) is 83.2 cm³/mol. The first-order valence-electron chi connectivity index (χ1n) is 8.06. The van der Waals surface area contributed by atoms with Gasteiger partial charge in [0.25, 0.3) is 0 Å². The maximum atomic E-state index is 11.8. The van der Waals surface area contributed by atoms with Crippen molar-refractivity contribution in [3.8, 4) is 0 Å². The molecular formula is C16H32N2O2. The zero-order valence-corrected chi connectivity index (χ0v) is 13.4. The Bertz CT molecular complexity index is 278. The van der Waals surface area contributed by atoms with E-state index in [1.165, 1.54) is 32.1 Å². The fourth-order valence-corrected chi connectivity index (χ4v) is 2.23. The Morgan fingerprint density at radius 3 is 2.05 bits per heavy atom. The molecule has 118 valence electrons. The monoisotopic (exact) mass is 284 g/mol. The predicted octanol–water partition coefficient (Wildman–Crippen LogP) is 3.14. The Kier molecular flexibility index (Phi) is 11.1. The van der Waals surface area contributed by atoms with Crippen LogP contribution >= 0.6 is 0 Å². The molecule has 2 amide bonds. The summed E-state index contributed by atoms with van der Waals surface area (Å²) in [5.41, 5.74) is 5.30. The topological polar surface area (TPSA) is 72.2 Å². The fraction of sp³-hybridized carbons (Fsp3) is 0.875. The molecule has 0 aliphatic carbocycles. The molecule has 0 fully saturated rings. The summed E-state index contributed by atoms with van der Waals surface area (Å²) < 4.78 is 0. The highest BCUT2D eigenvalue weighted by Gasteiger charge is 2.18. The molecule has 4 heteroatoms. The number of amides is 2. The number of carbonyl (C=O) groups is 2. The maximum absolute atomic E-state index is 11.8. The van der Waals surface area contributed by atoms with Crippen molar-refractivity contribution in [3.05, 3.63) is 0 Å². The first-order chi connectivity index (χ1) is 9.47. The van der Waals surface area contributed by atoms with Crippen LogP contribution in [0.25, 0.3) is 0 Å². The normalized spacial score (nSPS) is 12.4. The Morgan fingerprint density at radius 2 is 1.55 bits per heavy atom. The lowest BCUT2D eigenvalue weighted by atomic mass is 10.0. The summed E-state index contributed by atoms with van der Waals surface area (Å²) in [6, 6.07) is -0.521. The molecule has 0 aliphatic heterocycles. The van der Waals surface area contributed by atoms with Gasteiger partial charge in [0, 0.05) is 6.42 Å². The quantitative estimate of drug-likeness (QED) is 0.540. The van der Waals surface area contributed by atoms with E-state index in [2.05, 4.69) is 12.2 Å². The van der Waals surface area contributed by atoms with Gasteiger partial charge in [0.05, 0.1) is 0 Å². The Balaban J connectivity index is 3.72. The highest BCUT2D eigenvalue weighted by molar-refractivity contribution is 5.86. The van der Waals surface area contributed by atoms with Crippen molar-refractivity contribution in [2.75, 3.05) is 0 Å². The van der Waals surface area contributed by atoms with Crippen molar-refractivity contribution in [3.63, 3.8) is 0 Å². The molecule has 0 saturated heterocycles. The van der Waals surface area contributed by atoms with Crippen LogP contribution in [0.15, 0.2) is 0 Å². The van der Waals surface area contributed by atoms with Crippen LogP contribution in [0.2, 0.25) is 0 Å². The number of carbonyl (C=O) groups excluding carboxylic acids is 2. The van der Waals surface area contributed by atoms with Gasteiger partial charge in [0.2, 0.25) is 11.8 Å². The summed E-state index contributed by atoms with van der Waals surface area (Å²) in [5.74, 6) is -0.152. The van der Waals surface area contributed by atoms with Crippen LogP contribution in [-0.4, -0.2) is 17.9 Å². The van der Waals surface area contributed by atoms with E-state index in [-0.39, 0.29) is 5.91 Å². The van der Waals surface area contributed by atoms with Gasteiger partial charge in [-0.1, -0.05) is 59.3 Å². The molecule has 0 aromatic carbocycles. The molecule has 0 saturated carbocycles. The summed E-state index contributed by atoms with van der Waals surface area (Å²) in [7, 11) is 0. The number of primary amides is 1. The number of unbranched alkanes of at least 4 members (excludes halogenated alkanes) is 6. The van der Waals surface area contributed by atoms with Crippen LogP contribution in [0.3, 0.4) is 0 Å². The highest BCUT2D eigenvalue weighted by Crippen LogP contribution is 2.09. The molecule has 3 N–H and O–H groups in total. The van der Waals surface area contributed by atoms with Crippen molar-refractivity contribution < 1.29 is 9.59 Å². The van der Waals surface area contributed by atoms with Gasteiger partial charge in [0.15, 0.2) is 0 Å². The molecule has 0 unspecified atom stereocenters. The van der Waals surface area contributed by atoms with Crippen LogP contribution < -0.4 is 11.1 Å². The molecule has 0 heterocycles. The van der Waals surface area contributed by atoms with Gasteiger partial charge in [0.1, 0.15) is 6.04 Å². The number of hydrogen-bond acceptors (Lipinski definition) is 2. The zero-order valence-electron chi connectivity index (χ0n) is 13.4. The van der Waals surface area contributed by atoms with E-state index >= 15 is 0 Å². The Morgan fingerprint density at radius 1 is 1.00 bits per heavy atom. The number of hydrogen-bond donors (Lipinski definition) is 2. The van der Waals surface area contributed by atoms with E-state index in [1.54, 1.807) is 0 Å². The highest BCUT2D eigenvalue weighted by atomic mass is 16.2. The summed E-state index contributed by atoms with van der Waals surface area (Å²) >= 11 is 0. The van der Waals surface area contributed by atoms with Crippen LogP contribution in [0, 0.1) is 5.92 Å². The fourth-order valence-electron chi connectivity index (χ4n) is 2.23.